The summed E-state index contributed by atoms with van der Waals surface area (Å²) < 4.78 is 0.991. The molecule has 0 aliphatic rings. The van der Waals surface area contributed by atoms with Gasteiger partial charge in [-0.15, -0.1) is 0 Å². The van der Waals surface area contributed by atoms with Crippen LogP contribution < -0.4 is 5.73 Å². The molecule has 0 atom stereocenters. The van der Waals surface area contributed by atoms with E-state index in [0.29, 0.717) is 5.95 Å². The number of thioether (sulfide) groups is 1. The van der Waals surface area contributed by atoms with Crippen LogP contribution in [-0.4, -0.2) is 21.2 Å². The van der Waals surface area contributed by atoms with E-state index in [1.807, 2.05) is 6.26 Å². The lowest BCUT2D eigenvalue weighted by molar-refractivity contribution is 1.22. The number of nitrogens with two attached hydrogens (primary N) is 1. The number of anilines is 1. The monoisotopic (exact) mass is 198 g/mol. The van der Waals surface area contributed by atoms with Gasteiger partial charge in [-0.25, -0.2) is 15.0 Å². The van der Waals surface area contributed by atoms with Gasteiger partial charge in [0, 0.05) is 0 Å². The van der Waals surface area contributed by atoms with E-state index in [-0.39, 0.29) is 0 Å². The minimum atomic E-state index is 0.304. The predicted octanol–water partition coefficient (Wildman–Crippen LogP) is 1.39. The Morgan fingerprint density at radius 2 is 2.33 bits per heavy atom. The summed E-state index contributed by atoms with van der Waals surface area (Å²) in [4.78, 5) is 13.0. The summed E-state index contributed by atoms with van der Waals surface area (Å²) >= 11 is 3.13. The topological polar surface area (TPSA) is 64.7 Å². The average molecular weight is 198 g/mol. The highest BCUT2D eigenvalue weighted by Gasteiger charge is 2.03. The fourth-order valence-corrected chi connectivity index (χ4v) is 2.23. The minimum Gasteiger partial charge on any atom is -0.368 e. The van der Waals surface area contributed by atoms with Crippen LogP contribution in [0.3, 0.4) is 0 Å². The minimum absolute atomic E-state index is 0.304. The molecule has 0 radical (unpaired) electrons. The first kappa shape index (κ1) is 7.75. The Morgan fingerprint density at radius 3 is 3.08 bits per heavy atom. The van der Waals surface area contributed by atoms with Gasteiger partial charge in [0.15, 0.2) is 4.34 Å². The maximum Gasteiger partial charge on any atom is 0.221 e. The molecule has 0 spiro atoms. The van der Waals surface area contributed by atoms with E-state index in [0.717, 1.165) is 14.7 Å². The lowest BCUT2D eigenvalue weighted by Gasteiger charge is -1.87. The van der Waals surface area contributed by atoms with Crippen LogP contribution in [0.4, 0.5) is 5.95 Å². The summed E-state index contributed by atoms with van der Waals surface area (Å²) in [5.74, 6) is 0.304. The quantitative estimate of drug-likeness (QED) is 0.701. The van der Waals surface area contributed by atoms with Crippen molar-refractivity contribution >= 4 is 39.4 Å². The van der Waals surface area contributed by atoms with Crippen molar-refractivity contribution in [1.82, 2.24) is 15.0 Å². The predicted molar refractivity (Wildman–Crippen MR) is 51.4 cm³/mol. The van der Waals surface area contributed by atoms with Crippen molar-refractivity contribution in [3.05, 3.63) is 6.20 Å². The zero-order valence-corrected chi connectivity index (χ0v) is 7.95. The van der Waals surface area contributed by atoms with Crippen LogP contribution in [0.1, 0.15) is 0 Å². The van der Waals surface area contributed by atoms with Gasteiger partial charge in [-0.2, -0.15) is 0 Å². The third kappa shape index (κ3) is 1.23. The third-order valence-electron chi connectivity index (χ3n) is 1.32. The van der Waals surface area contributed by atoms with Gasteiger partial charge in [0.1, 0.15) is 10.3 Å². The van der Waals surface area contributed by atoms with Gasteiger partial charge < -0.3 is 5.73 Å². The van der Waals surface area contributed by atoms with Gasteiger partial charge in [-0.05, 0) is 6.26 Å². The molecule has 12 heavy (non-hydrogen) atoms. The highest BCUT2D eigenvalue weighted by molar-refractivity contribution is 8.00. The largest absolute Gasteiger partial charge is 0.368 e. The molecule has 2 aromatic rings. The lowest BCUT2D eigenvalue weighted by atomic mass is 10.6. The highest BCUT2D eigenvalue weighted by atomic mass is 32.2. The number of thiazole rings is 1. The van der Waals surface area contributed by atoms with Crippen molar-refractivity contribution in [2.45, 2.75) is 4.34 Å². The van der Waals surface area contributed by atoms with Gasteiger partial charge in [0.25, 0.3) is 0 Å². The summed E-state index contributed by atoms with van der Waals surface area (Å²) in [7, 11) is 0. The smallest absolute Gasteiger partial charge is 0.221 e. The van der Waals surface area contributed by atoms with Crippen LogP contribution in [0, 0.1) is 0 Å². The zero-order valence-electron chi connectivity index (χ0n) is 6.31. The van der Waals surface area contributed by atoms with Gasteiger partial charge in [0.2, 0.25) is 5.95 Å². The number of hydrogen-bond acceptors (Lipinski definition) is 6. The first-order valence-electron chi connectivity index (χ1n) is 3.22. The molecule has 6 heteroatoms. The molecular formula is C6H6N4S2. The molecular weight excluding hydrogens is 192 g/mol. The number of hydrogen-bond donors (Lipinski definition) is 1. The second-order valence-electron chi connectivity index (χ2n) is 2.10. The molecule has 0 aliphatic carbocycles. The van der Waals surface area contributed by atoms with Crippen molar-refractivity contribution in [2.24, 2.45) is 0 Å². The zero-order chi connectivity index (χ0) is 8.55. The van der Waals surface area contributed by atoms with Crippen molar-refractivity contribution in [3.8, 4) is 0 Å². The van der Waals surface area contributed by atoms with Crippen LogP contribution in [0.15, 0.2) is 10.5 Å². The molecule has 2 aromatic heterocycles. The summed E-state index contributed by atoms with van der Waals surface area (Å²) in [5.41, 5.74) is 6.24. The Balaban J connectivity index is 2.67. The first-order valence-corrected chi connectivity index (χ1v) is 5.27. The summed E-state index contributed by atoms with van der Waals surface area (Å²) in [6.07, 6.45) is 3.63. The van der Waals surface area contributed by atoms with Crippen LogP contribution in [0.25, 0.3) is 10.3 Å². The second kappa shape index (κ2) is 2.87. The number of rotatable bonds is 1. The van der Waals surface area contributed by atoms with Crippen molar-refractivity contribution in [2.75, 3.05) is 12.0 Å². The average Bonchev–Trinajstić information content (AvgIpc) is 2.46. The van der Waals surface area contributed by atoms with Crippen LogP contribution >= 0.6 is 23.1 Å². The van der Waals surface area contributed by atoms with E-state index in [2.05, 4.69) is 15.0 Å². The maximum atomic E-state index is 5.42. The SMILES string of the molecule is CSc1nc2cnc(N)nc2s1. The molecule has 0 bridgehead atoms. The first-order chi connectivity index (χ1) is 5.79. The molecule has 0 saturated carbocycles. The standard InChI is InChI=1S/C6H6N4S2/c1-11-6-9-3-2-8-5(7)10-4(3)12-6/h2H,1H3,(H2,7,8,10). The van der Waals surface area contributed by atoms with Gasteiger partial charge >= 0.3 is 0 Å². The molecule has 0 aromatic carbocycles. The van der Waals surface area contributed by atoms with Crippen LogP contribution in [0.2, 0.25) is 0 Å². The van der Waals surface area contributed by atoms with E-state index in [1.165, 1.54) is 11.3 Å². The van der Waals surface area contributed by atoms with E-state index in [1.54, 1.807) is 18.0 Å². The van der Waals surface area contributed by atoms with E-state index in [9.17, 15) is 0 Å². The van der Waals surface area contributed by atoms with Crippen molar-refractivity contribution in [3.63, 3.8) is 0 Å². The fraction of sp³-hybridized carbons (Fsp3) is 0.167. The molecule has 0 fully saturated rings. The Hall–Kier alpha value is -0.880. The molecule has 0 unspecified atom stereocenters. The number of nitrogen functional groups attached to an aromatic ring is 1. The summed E-state index contributed by atoms with van der Waals surface area (Å²) in [5, 5.41) is 0. The highest BCUT2D eigenvalue weighted by Crippen LogP contribution is 2.26. The maximum absolute atomic E-state index is 5.42. The van der Waals surface area contributed by atoms with E-state index >= 15 is 0 Å². The number of nitrogens with zero attached hydrogens (tertiary/aromatic N) is 3. The molecule has 0 saturated heterocycles. The molecule has 62 valence electrons. The molecule has 2 heterocycles. The number of aromatic nitrogens is 3. The normalized spacial score (nSPS) is 10.8. The van der Waals surface area contributed by atoms with Gasteiger partial charge in [-0.1, -0.05) is 23.1 Å². The van der Waals surface area contributed by atoms with E-state index < -0.39 is 0 Å². The Bertz CT molecular complexity index is 411. The molecule has 0 amide bonds. The molecule has 2 rings (SSSR count). The molecule has 0 aliphatic heterocycles. The van der Waals surface area contributed by atoms with Crippen molar-refractivity contribution < 1.29 is 0 Å². The van der Waals surface area contributed by atoms with Gasteiger partial charge in [0.05, 0.1) is 6.20 Å². The third-order valence-corrected chi connectivity index (χ3v) is 3.27. The summed E-state index contributed by atoms with van der Waals surface area (Å²) in [6, 6.07) is 0. The lowest BCUT2D eigenvalue weighted by Crippen LogP contribution is -1.92. The van der Waals surface area contributed by atoms with Crippen LogP contribution in [-0.2, 0) is 0 Å². The fourth-order valence-electron chi connectivity index (χ4n) is 0.816. The Kier molecular flexibility index (Phi) is 1.86. The van der Waals surface area contributed by atoms with Crippen molar-refractivity contribution in [1.29, 1.82) is 0 Å². The summed E-state index contributed by atoms with van der Waals surface area (Å²) in [6.45, 7) is 0. The van der Waals surface area contributed by atoms with Gasteiger partial charge in [-0.3, -0.25) is 0 Å². The second-order valence-corrected chi connectivity index (χ2v) is 4.13. The Labute approximate surface area is 77.2 Å². The Morgan fingerprint density at radius 1 is 1.50 bits per heavy atom. The number of fused-ring (bicyclic) bond motifs is 1. The molecule has 4 nitrogen and oxygen atoms in total. The molecule has 2 N–H and O–H groups in total. The van der Waals surface area contributed by atoms with E-state index in [4.69, 9.17) is 5.73 Å². The van der Waals surface area contributed by atoms with Crippen LogP contribution in [0.5, 0.6) is 0 Å².